The molecular formula is C26H30F3N3O3. The summed E-state index contributed by atoms with van der Waals surface area (Å²) in [6.45, 7) is 8.62. The summed E-state index contributed by atoms with van der Waals surface area (Å²) in [5.74, 6) is 0.368. The van der Waals surface area contributed by atoms with Crippen molar-refractivity contribution in [2.24, 2.45) is 11.3 Å². The van der Waals surface area contributed by atoms with Gasteiger partial charge < -0.3 is 19.4 Å². The average molecular weight is 490 g/mol. The monoisotopic (exact) mass is 489 g/mol. The summed E-state index contributed by atoms with van der Waals surface area (Å²) in [4.78, 5) is 17.1. The molecule has 1 aliphatic rings. The highest BCUT2D eigenvalue weighted by molar-refractivity contribution is 5.97. The van der Waals surface area contributed by atoms with Crippen LogP contribution in [0, 0.1) is 18.3 Å². The number of alkyl halides is 3. The number of halogens is 3. The molecule has 35 heavy (non-hydrogen) atoms. The molecule has 3 aromatic rings. The number of aromatic nitrogens is 2. The first-order valence-corrected chi connectivity index (χ1v) is 11.6. The molecule has 0 saturated heterocycles. The maximum Gasteiger partial charge on any atom is 0.573 e. The predicted octanol–water partition coefficient (Wildman–Crippen LogP) is 7.16. The molecule has 1 aliphatic carbocycles. The van der Waals surface area contributed by atoms with Crippen molar-refractivity contribution in [3.05, 3.63) is 47.5 Å². The molecule has 0 spiro atoms. The first-order chi connectivity index (χ1) is 16.4. The van der Waals surface area contributed by atoms with Gasteiger partial charge in [-0.1, -0.05) is 20.8 Å². The number of rotatable bonds is 5. The summed E-state index contributed by atoms with van der Waals surface area (Å²) >= 11 is 0. The van der Waals surface area contributed by atoms with Gasteiger partial charge in [-0.25, -0.2) is 9.78 Å². The molecule has 1 unspecified atom stereocenters. The summed E-state index contributed by atoms with van der Waals surface area (Å²) in [5, 5.41) is 3.28. The van der Waals surface area contributed by atoms with Gasteiger partial charge in [0.05, 0.1) is 23.7 Å². The van der Waals surface area contributed by atoms with E-state index in [1.54, 1.807) is 6.07 Å². The van der Waals surface area contributed by atoms with Crippen molar-refractivity contribution in [2.45, 2.75) is 59.4 Å². The highest BCUT2D eigenvalue weighted by Gasteiger charge is 2.35. The molecule has 6 nitrogen and oxygen atoms in total. The third kappa shape index (κ3) is 5.39. The Morgan fingerprint density at radius 3 is 2.43 bits per heavy atom. The number of carbonyl (C=O) groups excluding carboxylic acids is 1. The highest BCUT2D eigenvalue weighted by Crippen LogP contribution is 2.46. The van der Waals surface area contributed by atoms with Crippen LogP contribution in [0.3, 0.4) is 0 Å². The number of anilines is 2. The first kappa shape index (κ1) is 24.9. The first-order valence-electron chi connectivity index (χ1n) is 11.6. The van der Waals surface area contributed by atoms with E-state index in [0.29, 0.717) is 34.2 Å². The van der Waals surface area contributed by atoms with E-state index in [4.69, 9.17) is 9.72 Å². The molecule has 188 valence electrons. The number of benzene rings is 2. The lowest BCUT2D eigenvalue weighted by Crippen LogP contribution is -2.29. The van der Waals surface area contributed by atoms with Gasteiger partial charge in [-0.15, -0.1) is 13.2 Å². The van der Waals surface area contributed by atoms with E-state index < -0.39 is 12.3 Å². The SMILES string of the molecule is COC(=O)c1ccc2c(nc(Nc3ccc(OC(F)(F)F)cc3)n2C2C[C@H](C)CC(C)(C)C2)c1C. The van der Waals surface area contributed by atoms with Crippen molar-refractivity contribution in [3.8, 4) is 5.75 Å². The Labute approximate surface area is 202 Å². The molecule has 1 N–H and O–H groups in total. The van der Waals surface area contributed by atoms with Crippen LogP contribution in [0.2, 0.25) is 0 Å². The average Bonchev–Trinajstić information content (AvgIpc) is 3.11. The summed E-state index contributed by atoms with van der Waals surface area (Å²) in [6, 6.07) is 9.36. The van der Waals surface area contributed by atoms with Crippen LogP contribution in [0.1, 0.15) is 62.0 Å². The van der Waals surface area contributed by atoms with E-state index in [9.17, 15) is 18.0 Å². The molecule has 0 aliphatic heterocycles. The van der Waals surface area contributed by atoms with Crippen molar-refractivity contribution in [1.29, 1.82) is 0 Å². The van der Waals surface area contributed by atoms with Crippen molar-refractivity contribution in [2.75, 3.05) is 12.4 Å². The number of nitrogens with one attached hydrogen (secondary N) is 1. The number of methoxy groups -OCH3 is 1. The minimum Gasteiger partial charge on any atom is -0.465 e. The van der Waals surface area contributed by atoms with Crippen LogP contribution in [-0.2, 0) is 4.74 Å². The number of aryl methyl sites for hydroxylation is 1. The molecule has 4 rings (SSSR count). The zero-order valence-electron chi connectivity index (χ0n) is 20.5. The van der Waals surface area contributed by atoms with E-state index in [1.165, 1.54) is 31.4 Å². The van der Waals surface area contributed by atoms with E-state index in [2.05, 4.69) is 35.4 Å². The summed E-state index contributed by atoms with van der Waals surface area (Å²) in [5.41, 5.74) is 3.46. The Morgan fingerprint density at radius 1 is 1.14 bits per heavy atom. The van der Waals surface area contributed by atoms with E-state index in [1.807, 2.05) is 13.0 Å². The summed E-state index contributed by atoms with van der Waals surface area (Å²) in [7, 11) is 1.34. The van der Waals surface area contributed by atoms with Crippen molar-refractivity contribution >= 4 is 28.6 Å². The molecular weight excluding hydrogens is 459 g/mol. The Kier molecular flexibility index (Phi) is 6.46. The van der Waals surface area contributed by atoms with Crippen LogP contribution in [0.4, 0.5) is 24.8 Å². The van der Waals surface area contributed by atoms with Crippen molar-refractivity contribution in [1.82, 2.24) is 9.55 Å². The fraction of sp³-hybridized carbons (Fsp3) is 0.462. The fourth-order valence-electron chi connectivity index (χ4n) is 5.45. The van der Waals surface area contributed by atoms with E-state index >= 15 is 0 Å². The minimum atomic E-state index is -4.75. The minimum absolute atomic E-state index is 0.147. The molecule has 2 atom stereocenters. The number of hydrogen-bond acceptors (Lipinski definition) is 5. The normalized spacial score (nSPS) is 20.0. The number of imidazole rings is 1. The summed E-state index contributed by atoms with van der Waals surface area (Å²) in [6.07, 6.45) is -1.69. The van der Waals surface area contributed by atoms with E-state index in [-0.39, 0.29) is 17.2 Å². The zero-order valence-corrected chi connectivity index (χ0v) is 20.5. The Hall–Kier alpha value is -3.23. The molecule has 1 saturated carbocycles. The molecule has 1 fully saturated rings. The van der Waals surface area contributed by atoms with E-state index in [0.717, 1.165) is 24.8 Å². The molecule has 9 heteroatoms. The standard InChI is InChI=1S/C26H30F3N3O3/c1-15-12-18(14-25(3,4)13-15)32-21-11-10-20(23(33)34-5)16(2)22(21)31-24(32)30-17-6-8-19(9-7-17)35-26(27,28)29/h6-11,15,18H,12-14H2,1-5H3,(H,30,31)/t15-,18?/m0/s1. The van der Waals surface area contributed by atoms with Crippen LogP contribution in [0.5, 0.6) is 5.75 Å². The maximum atomic E-state index is 12.5. The second-order valence-electron chi connectivity index (χ2n) is 10.2. The predicted molar refractivity (Wildman–Crippen MR) is 128 cm³/mol. The van der Waals surface area contributed by atoms with Gasteiger partial charge in [-0.2, -0.15) is 0 Å². The smallest absolute Gasteiger partial charge is 0.465 e. The molecule has 0 amide bonds. The summed E-state index contributed by atoms with van der Waals surface area (Å²) < 4.78 is 48.7. The molecule has 0 radical (unpaired) electrons. The third-order valence-corrected chi connectivity index (χ3v) is 6.59. The van der Waals surface area contributed by atoms with Crippen molar-refractivity contribution < 1.29 is 27.4 Å². The topological polar surface area (TPSA) is 65.4 Å². The largest absolute Gasteiger partial charge is 0.573 e. The lowest BCUT2D eigenvalue weighted by Gasteiger charge is -2.40. The number of nitrogens with zero attached hydrogens (tertiary/aromatic N) is 2. The number of carbonyl (C=O) groups is 1. The maximum absolute atomic E-state index is 12.5. The van der Waals surface area contributed by atoms with Gasteiger partial charge in [0.2, 0.25) is 5.95 Å². The quantitative estimate of drug-likeness (QED) is 0.385. The lowest BCUT2D eigenvalue weighted by molar-refractivity contribution is -0.274. The molecule has 0 bridgehead atoms. The third-order valence-electron chi connectivity index (χ3n) is 6.59. The van der Waals surface area contributed by atoms with Crippen LogP contribution in [-0.4, -0.2) is 29.0 Å². The zero-order chi connectivity index (χ0) is 25.5. The van der Waals surface area contributed by atoms with Crippen LogP contribution < -0.4 is 10.1 Å². The molecule has 1 aromatic heterocycles. The van der Waals surface area contributed by atoms with Gasteiger partial charge in [0.15, 0.2) is 0 Å². The lowest BCUT2D eigenvalue weighted by atomic mass is 9.70. The van der Waals surface area contributed by atoms with Gasteiger partial charge in [0.1, 0.15) is 5.75 Å². The van der Waals surface area contributed by atoms with Gasteiger partial charge >= 0.3 is 12.3 Å². The number of esters is 1. The fourth-order valence-corrected chi connectivity index (χ4v) is 5.45. The number of fused-ring (bicyclic) bond motifs is 1. The molecule has 2 aromatic carbocycles. The van der Waals surface area contributed by atoms with Crippen LogP contribution in [0.25, 0.3) is 11.0 Å². The van der Waals surface area contributed by atoms with Gasteiger partial charge in [-0.05, 0) is 79.5 Å². The number of hydrogen-bond donors (Lipinski definition) is 1. The highest BCUT2D eigenvalue weighted by atomic mass is 19.4. The Balaban J connectivity index is 1.78. The second kappa shape index (κ2) is 9.09. The van der Waals surface area contributed by atoms with Gasteiger partial charge in [0.25, 0.3) is 0 Å². The number of ether oxygens (including phenoxy) is 2. The van der Waals surface area contributed by atoms with Gasteiger partial charge in [-0.3, -0.25) is 0 Å². The van der Waals surface area contributed by atoms with Gasteiger partial charge in [0, 0.05) is 11.7 Å². The Morgan fingerprint density at radius 2 is 1.83 bits per heavy atom. The van der Waals surface area contributed by atoms with Crippen LogP contribution in [0.15, 0.2) is 36.4 Å². The van der Waals surface area contributed by atoms with Crippen molar-refractivity contribution in [3.63, 3.8) is 0 Å². The Bertz CT molecular complexity index is 1230. The van der Waals surface area contributed by atoms with Crippen LogP contribution >= 0.6 is 0 Å². The molecule has 1 heterocycles. The second-order valence-corrected chi connectivity index (χ2v) is 10.2.